The van der Waals surface area contributed by atoms with Crippen LogP contribution >= 0.6 is 11.6 Å². The van der Waals surface area contributed by atoms with Crippen LogP contribution < -0.4 is 0 Å². The summed E-state index contributed by atoms with van der Waals surface area (Å²) in [7, 11) is 0. The molecule has 0 aliphatic rings. The molecular weight excluding hydrogens is 186 g/mol. The van der Waals surface area contributed by atoms with Crippen molar-refractivity contribution in [2.24, 2.45) is 5.16 Å². The van der Waals surface area contributed by atoms with Gasteiger partial charge in [0.2, 0.25) is 0 Å². The monoisotopic (exact) mass is 195 g/mol. The van der Waals surface area contributed by atoms with Crippen LogP contribution in [0.5, 0.6) is 0 Å². The Hall–Kier alpha value is -1.28. The minimum Gasteiger partial charge on any atom is -0.391 e. The van der Waals surface area contributed by atoms with E-state index in [0.29, 0.717) is 6.61 Å². The van der Waals surface area contributed by atoms with Crippen LogP contribution in [0.15, 0.2) is 42.1 Å². The molecule has 0 unspecified atom stereocenters. The molecule has 0 N–H and O–H groups in total. The van der Waals surface area contributed by atoms with Crippen molar-refractivity contribution in [2.75, 3.05) is 0 Å². The third-order valence-electron chi connectivity index (χ3n) is 1.39. The highest BCUT2D eigenvalue weighted by Gasteiger charge is 1.91. The topological polar surface area (TPSA) is 21.6 Å². The smallest absolute Gasteiger partial charge is 0.142 e. The van der Waals surface area contributed by atoms with Crippen LogP contribution in [0.25, 0.3) is 0 Å². The van der Waals surface area contributed by atoms with Crippen molar-refractivity contribution in [3.8, 4) is 0 Å². The first-order valence-corrected chi connectivity index (χ1v) is 4.21. The molecule has 1 rings (SSSR count). The molecule has 3 heteroatoms. The lowest BCUT2D eigenvalue weighted by molar-refractivity contribution is 0.132. The highest BCUT2D eigenvalue weighted by atomic mass is 35.5. The van der Waals surface area contributed by atoms with E-state index in [4.69, 9.17) is 16.4 Å². The Bertz CT molecular complexity index is 292. The van der Waals surface area contributed by atoms with E-state index in [-0.39, 0.29) is 0 Å². The van der Waals surface area contributed by atoms with Crippen LogP contribution in [0.2, 0.25) is 5.02 Å². The number of nitrogens with zero attached hydrogens (tertiary/aromatic N) is 1. The van der Waals surface area contributed by atoms with E-state index < -0.39 is 0 Å². The largest absolute Gasteiger partial charge is 0.391 e. The van der Waals surface area contributed by atoms with Crippen molar-refractivity contribution < 1.29 is 4.84 Å². The molecule has 1 aromatic carbocycles. The molecule has 0 heterocycles. The van der Waals surface area contributed by atoms with Gasteiger partial charge in [0.15, 0.2) is 0 Å². The summed E-state index contributed by atoms with van der Waals surface area (Å²) in [4.78, 5) is 4.96. The van der Waals surface area contributed by atoms with Gasteiger partial charge in [0.05, 0.1) is 6.21 Å². The molecule has 0 spiro atoms. The lowest BCUT2D eigenvalue weighted by atomic mass is 10.2. The SMILES string of the molecule is C=C/C=N\OCc1ccc(Cl)cc1. The first kappa shape index (κ1) is 9.81. The molecule has 0 saturated carbocycles. The molecule has 0 fully saturated rings. The van der Waals surface area contributed by atoms with Gasteiger partial charge >= 0.3 is 0 Å². The standard InChI is InChI=1S/C10H10ClNO/c1-2-7-12-13-8-9-3-5-10(11)6-4-9/h2-7H,1,8H2/b12-7-. The van der Waals surface area contributed by atoms with Gasteiger partial charge in [0.1, 0.15) is 6.61 Å². The predicted molar refractivity (Wildman–Crippen MR) is 54.9 cm³/mol. The van der Waals surface area contributed by atoms with Gasteiger partial charge in [-0.3, -0.25) is 0 Å². The molecule has 68 valence electrons. The maximum absolute atomic E-state index is 5.71. The van der Waals surface area contributed by atoms with Crippen molar-refractivity contribution in [1.29, 1.82) is 0 Å². The van der Waals surface area contributed by atoms with Crippen LogP contribution in [0.4, 0.5) is 0 Å². The lowest BCUT2D eigenvalue weighted by Crippen LogP contribution is -1.85. The van der Waals surface area contributed by atoms with Gasteiger partial charge in [-0.25, -0.2) is 0 Å². The van der Waals surface area contributed by atoms with E-state index in [0.717, 1.165) is 10.6 Å². The summed E-state index contributed by atoms with van der Waals surface area (Å²) >= 11 is 5.71. The Morgan fingerprint density at radius 1 is 1.38 bits per heavy atom. The van der Waals surface area contributed by atoms with Gasteiger partial charge in [-0.2, -0.15) is 0 Å². The summed E-state index contributed by atoms with van der Waals surface area (Å²) in [5, 5.41) is 4.35. The second-order valence-corrected chi connectivity index (χ2v) is 2.83. The molecule has 13 heavy (non-hydrogen) atoms. The number of rotatable bonds is 4. The average molecular weight is 196 g/mol. The Morgan fingerprint density at radius 3 is 2.69 bits per heavy atom. The fourth-order valence-electron chi connectivity index (χ4n) is 0.779. The van der Waals surface area contributed by atoms with Crippen LogP contribution in [0.3, 0.4) is 0 Å². The van der Waals surface area contributed by atoms with Gasteiger partial charge in [-0.05, 0) is 23.8 Å². The Morgan fingerprint density at radius 2 is 2.08 bits per heavy atom. The molecule has 0 radical (unpaired) electrons. The maximum atomic E-state index is 5.71. The first-order chi connectivity index (χ1) is 6.33. The average Bonchev–Trinajstić information content (AvgIpc) is 2.15. The molecule has 0 aliphatic carbocycles. The van der Waals surface area contributed by atoms with Crippen LogP contribution in [-0.2, 0) is 11.4 Å². The molecule has 0 aliphatic heterocycles. The number of hydrogen-bond acceptors (Lipinski definition) is 2. The highest BCUT2D eigenvalue weighted by molar-refractivity contribution is 6.30. The van der Waals surface area contributed by atoms with Gasteiger partial charge < -0.3 is 4.84 Å². The maximum Gasteiger partial charge on any atom is 0.142 e. The highest BCUT2D eigenvalue weighted by Crippen LogP contribution is 2.09. The normalized spacial score (nSPS) is 10.2. The van der Waals surface area contributed by atoms with E-state index in [2.05, 4.69) is 11.7 Å². The summed E-state index contributed by atoms with van der Waals surface area (Å²) in [5.41, 5.74) is 1.03. The van der Waals surface area contributed by atoms with Crippen LogP contribution in [0, 0.1) is 0 Å². The van der Waals surface area contributed by atoms with E-state index in [1.54, 1.807) is 6.08 Å². The number of oxime groups is 1. The second kappa shape index (κ2) is 5.38. The summed E-state index contributed by atoms with van der Waals surface area (Å²) in [6, 6.07) is 7.42. The van der Waals surface area contributed by atoms with Crippen molar-refractivity contribution >= 4 is 17.8 Å². The molecule has 0 saturated heterocycles. The molecule has 0 bridgehead atoms. The number of halogens is 1. The number of hydrogen-bond donors (Lipinski definition) is 0. The Labute approximate surface area is 82.5 Å². The zero-order chi connectivity index (χ0) is 9.52. The molecule has 0 atom stereocenters. The zero-order valence-electron chi connectivity index (χ0n) is 7.11. The van der Waals surface area contributed by atoms with Gasteiger partial charge in [0.25, 0.3) is 0 Å². The lowest BCUT2D eigenvalue weighted by Gasteiger charge is -1.98. The van der Waals surface area contributed by atoms with Crippen molar-refractivity contribution in [3.63, 3.8) is 0 Å². The number of benzene rings is 1. The minimum absolute atomic E-state index is 0.446. The number of allylic oxidation sites excluding steroid dienone is 1. The van der Waals surface area contributed by atoms with Crippen molar-refractivity contribution in [1.82, 2.24) is 0 Å². The molecule has 1 aromatic rings. The van der Waals surface area contributed by atoms with E-state index in [1.807, 2.05) is 24.3 Å². The van der Waals surface area contributed by atoms with E-state index in [1.165, 1.54) is 6.21 Å². The summed E-state index contributed by atoms with van der Waals surface area (Å²) in [6.07, 6.45) is 3.05. The molecule has 0 amide bonds. The predicted octanol–water partition coefficient (Wildman–Crippen LogP) is 3.03. The first-order valence-electron chi connectivity index (χ1n) is 3.83. The fourth-order valence-corrected chi connectivity index (χ4v) is 0.904. The second-order valence-electron chi connectivity index (χ2n) is 2.39. The van der Waals surface area contributed by atoms with E-state index in [9.17, 15) is 0 Å². The van der Waals surface area contributed by atoms with E-state index >= 15 is 0 Å². The minimum atomic E-state index is 0.446. The third-order valence-corrected chi connectivity index (χ3v) is 1.64. The van der Waals surface area contributed by atoms with Gasteiger partial charge in [0, 0.05) is 5.02 Å². The fraction of sp³-hybridized carbons (Fsp3) is 0.100. The zero-order valence-corrected chi connectivity index (χ0v) is 7.87. The van der Waals surface area contributed by atoms with Crippen molar-refractivity contribution in [3.05, 3.63) is 47.5 Å². The quantitative estimate of drug-likeness (QED) is 0.535. The summed E-state index contributed by atoms with van der Waals surface area (Å²) in [6.45, 7) is 3.92. The Balaban J connectivity index is 2.41. The Kier molecular flexibility index (Phi) is 4.06. The van der Waals surface area contributed by atoms with Crippen LogP contribution in [0.1, 0.15) is 5.56 Å². The van der Waals surface area contributed by atoms with Gasteiger partial charge in [-0.1, -0.05) is 35.5 Å². The third kappa shape index (κ3) is 3.76. The van der Waals surface area contributed by atoms with Gasteiger partial charge in [-0.15, -0.1) is 0 Å². The molecule has 2 nitrogen and oxygen atoms in total. The molecule has 0 aromatic heterocycles. The summed E-state index contributed by atoms with van der Waals surface area (Å²) < 4.78 is 0. The summed E-state index contributed by atoms with van der Waals surface area (Å²) in [5.74, 6) is 0. The molecular formula is C10H10ClNO. The van der Waals surface area contributed by atoms with Crippen LogP contribution in [-0.4, -0.2) is 6.21 Å². The van der Waals surface area contributed by atoms with Crippen molar-refractivity contribution in [2.45, 2.75) is 6.61 Å².